The molecule has 0 saturated heterocycles. The van der Waals surface area contributed by atoms with E-state index in [2.05, 4.69) is 14.9 Å². The predicted octanol–water partition coefficient (Wildman–Crippen LogP) is -0.151. The number of nitrogens with one attached hydrogen (secondary N) is 2. The number of hydrogen-bond donors (Lipinski definition) is 3. The largest absolute Gasteiger partial charge is 0.396 e. The van der Waals surface area contributed by atoms with Crippen molar-refractivity contribution >= 4 is 10.0 Å². The van der Waals surface area contributed by atoms with Gasteiger partial charge in [-0.15, -0.1) is 0 Å². The highest BCUT2D eigenvalue weighted by Crippen LogP contribution is 2.26. The Morgan fingerprint density at radius 3 is 3.00 bits per heavy atom. The maximum absolute atomic E-state index is 11.8. The normalized spacial score (nSPS) is 26.1. The van der Waals surface area contributed by atoms with Gasteiger partial charge in [-0.25, -0.2) is 13.1 Å². The van der Waals surface area contributed by atoms with Gasteiger partial charge in [-0.05, 0) is 24.8 Å². The molecule has 0 spiro atoms. The van der Waals surface area contributed by atoms with Crippen molar-refractivity contribution < 1.29 is 13.5 Å². The van der Waals surface area contributed by atoms with Gasteiger partial charge in [-0.1, -0.05) is 6.42 Å². The third-order valence-corrected chi connectivity index (χ3v) is 4.38. The van der Waals surface area contributed by atoms with Crippen LogP contribution in [0, 0.1) is 5.92 Å². The average molecular weight is 245 g/mol. The molecule has 1 aromatic heterocycles. The lowest BCUT2D eigenvalue weighted by Crippen LogP contribution is -2.38. The highest BCUT2D eigenvalue weighted by Gasteiger charge is 2.31. The molecule has 7 heteroatoms. The zero-order valence-electron chi connectivity index (χ0n) is 8.76. The Kier molecular flexibility index (Phi) is 3.27. The van der Waals surface area contributed by atoms with E-state index in [1.54, 1.807) is 0 Å². The van der Waals surface area contributed by atoms with Gasteiger partial charge in [0.15, 0.2) is 5.03 Å². The van der Waals surface area contributed by atoms with Gasteiger partial charge >= 0.3 is 0 Å². The zero-order chi connectivity index (χ0) is 11.6. The molecule has 1 aliphatic rings. The van der Waals surface area contributed by atoms with Crippen molar-refractivity contribution in [2.45, 2.75) is 30.3 Å². The molecule has 0 radical (unpaired) electrons. The molecule has 2 rings (SSSR count). The van der Waals surface area contributed by atoms with Gasteiger partial charge in [-0.3, -0.25) is 5.10 Å². The Balaban J connectivity index is 2.10. The van der Waals surface area contributed by atoms with Gasteiger partial charge in [0.1, 0.15) is 0 Å². The standard InChI is InChI=1S/C9H15N3O3S/c13-6-7-2-1-3-8(7)12-16(14,15)9-4-5-10-11-9/h4-5,7-8,12-13H,1-3,6H2,(H,10,11). The highest BCUT2D eigenvalue weighted by atomic mass is 32.2. The molecule has 0 aliphatic heterocycles. The van der Waals surface area contributed by atoms with Crippen molar-refractivity contribution in [1.29, 1.82) is 0 Å². The predicted molar refractivity (Wildman–Crippen MR) is 57.1 cm³/mol. The summed E-state index contributed by atoms with van der Waals surface area (Å²) in [5, 5.41) is 15.2. The second-order valence-electron chi connectivity index (χ2n) is 4.02. The summed E-state index contributed by atoms with van der Waals surface area (Å²) in [4.78, 5) is 0. The summed E-state index contributed by atoms with van der Waals surface area (Å²) >= 11 is 0. The quantitative estimate of drug-likeness (QED) is 0.687. The number of aliphatic hydroxyl groups is 1. The van der Waals surface area contributed by atoms with E-state index < -0.39 is 10.0 Å². The highest BCUT2D eigenvalue weighted by molar-refractivity contribution is 7.89. The number of hydrogen-bond acceptors (Lipinski definition) is 4. The van der Waals surface area contributed by atoms with E-state index in [9.17, 15) is 8.42 Å². The van der Waals surface area contributed by atoms with Crippen molar-refractivity contribution in [3.63, 3.8) is 0 Å². The Hall–Kier alpha value is -0.920. The summed E-state index contributed by atoms with van der Waals surface area (Å²) in [6.45, 7) is 0.0240. The Morgan fingerprint density at radius 1 is 1.56 bits per heavy atom. The third kappa shape index (κ3) is 2.26. The number of aromatic amines is 1. The first-order valence-corrected chi connectivity index (χ1v) is 6.74. The topological polar surface area (TPSA) is 95.1 Å². The lowest BCUT2D eigenvalue weighted by atomic mass is 10.1. The van der Waals surface area contributed by atoms with Crippen LogP contribution in [0.15, 0.2) is 17.3 Å². The van der Waals surface area contributed by atoms with Crippen LogP contribution in [0.3, 0.4) is 0 Å². The van der Waals surface area contributed by atoms with E-state index in [1.807, 2.05) is 0 Å². The van der Waals surface area contributed by atoms with E-state index in [0.717, 1.165) is 19.3 Å². The van der Waals surface area contributed by atoms with Crippen molar-refractivity contribution in [1.82, 2.24) is 14.9 Å². The molecule has 2 unspecified atom stereocenters. The van der Waals surface area contributed by atoms with Gasteiger partial charge in [0, 0.05) is 12.6 Å². The molecule has 6 nitrogen and oxygen atoms in total. The Morgan fingerprint density at radius 2 is 2.38 bits per heavy atom. The molecular weight excluding hydrogens is 230 g/mol. The number of rotatable bonds is 4. The molecule has 0 bridgehead atoms. The molecule has 1 heterocycles. The Labute approximate surface area is 94.1 Å². The lowest BCUT2D eigenvalue weighted by Gasteiger charge is -2.18. The second kappa shape index (κ2) is 4.52. The van der Waals surface area contributed by atoms with Gasteiger partial charge in [-0.2, -0.15) is 5.10 Å². The summed E-state index contributed by atoms with van der Waals surface area (Å²) in [6.07, 6.45) is 3.99. The van der Waals surface area contributed by atoms with Crippen LogP contribution in [0.25, 0.3) is 0 Å². The monoisotopic (exact) mass is 245 g/mol. The summed E-state index contributed by atoms with van der Waals surface area (Å²) in [5.41, 5.74) is 0. The van der Waals surface area contributed by atoms with Crippen molar-refractivity contribution in [3.8, 4) is 0 Å². The first-order valence-electron chi connectivity index (χ1n) is 5.26. The van der Waals surface area contributed by atoms with E-state index >= 15 is 0 Å². The van der Waals surface area contributed by atoms with Crippen molar-refractivity contribution in [2.24, 2.45) is 5.92 Å². The molecule has 1 saturated carbocycles. The maximum Gasteiger partial charge on any atom is 0.257 e. The fourth-order valence-corrected chi connectivity index (χ4v) is 3.31. The molecule has 2 atom stereocenters. The van der Waals surface area contributed by atoms with Crippen molar-refractivity contribution in [2.75, 3.05) is 6.61 Å². The smallest absolute Gasteiger partial charge is 0.257 e. The molecule has 1 aliphatic carbocycles. The molecule has 1 aromatic rings. The Bertz CT molecular complexity index is 429. The van der Waals surface area contributed by atoms with Crippen LogP contribution in [0.2, 0.25) is 0 Å². The fraction of sp³-hybridized carbons (Fsp3) is 0.667. The number of sulfonamides is 1. The zero-order valence-corrected chi connectivity index (χ0v) is 9.57. The molecule has 1 fully saturated rings. The van der Waals surface area contributed by atoms with Crippen LogP contribution in [-0.4, -0.2) is 36.4 Å². The van der Waals surface area contributed by atoms with E-state index in [-0.39, 0.29) is 23.6 Å². The molecule has 3 N–H and O–H groups in total. The van der Waals surface area contributed by atoms with Crippen LogP contribution in [0.4, 0.5) is 0 Å². The average Bonchev–Trinajstić information content (AvgIpc) is 2.86. The van der Waals surface area contributed by atoms with E-state index in [0.29, 0.717) is 0 Å². The number of H-pyrrole nitrogens is 1. The van der Waals surface area contributed by atoms with Gasteiger partial charge in [0.2, 0.25) is 0 Å². The van der Waals surface area contributed by atoms with Gasteiger partial charge in [0.05, 0.1) is 6.20 Å². The minimum Gasteiger partial charge on any atom is -0.396 e. The lowest BCUT2D eigenvalue weighted by molar-refractivity contribution is 0.213. The van der Waals surface area contributed by atoms with E-state index in [1.165, 1.54) is 12.3 Å². The minimum atomic E-state index is -3.52. The fourth-order valence-electron chi connectivity index (χ4n) is 2.07. The summed E-state index contributed by atoms with van der Waals surface area (Å²) < 4.78 is 26.3. The van der Waals surface area contributed by atoms with Crippen LogP contribution in [-0.2, 0) is 10.0 Å². The first-order chi connectivity index (χ1) is 7.63. The number of aromatic nitrogens is 2. The molecule has 16 heavy (non-hydrogen) atoms. The second-order valence-corrected chi connectivity index (χ2v) is 5.70. The van der Waals surface area contributed by atoms with E-state index in [4.69, 9.17) is 5.11 Å². The third-order valence-electron chi connectivity index (χ3n) is 2.96. The summed E-state index contributed by atoms with van der Waals surface area (Å²) in [7, 11) is -3.52. The minimum absolute atomic E-state index is 0.0240. The van der Waals surface area contributed by atoms with Gasteiger partial charge < -0.3 is 5.11 Å². The van der Waals surface area contributed by atoms with Gasteiger partial charge in [0.25, 0.3) is 10.0 Å². The summed E-state index contributed by atoms with van der Waals surface area (Å²) in [6, 6.07) is 1.24. The molecular formula is C9H15N3O3S. The SMILES string of the molecule is O=S(=O)(NC1CCCC1CO)c1ccn[nH]1. The van der Waals surface area contributed by atoms with Crippen LogP contribution in [0.1, 0.15) is 19.3 Å². The van der Waals surface area contributed by atoms with Crippen LogP contribution < -0.4 is 4.72 Å². The molecule has 0 amide bonds. The van der Waals surface area contributed by atoms with Crippen LogP contribution in [0.5, 0.6) is 0 Å². The molecule has 0 aromatic carbocycles. The summed E-state index contributed by atoms with van der Waals surface area (Å²) in [5.74, 6) is 0.0256. The molecule has 90 valence electrons. The number of aliphatic hydroxyl groups excluding tert-OH is 1. The van der Waals surface area contributed by atoms with Crippen LogP contribution >= 0.6 is 0 Å². The van der Waals surface area contributed by atoms with Crippen molar-refractivity contribution in [3.05, 3.63) is 12.3 Å². The number of nitrogens with zero attached hydrogens (tertiary/aromatic N) is 1. The maximum atomic E-state index is 11.8. The first kappa shape index (κ1) is 11.6.